The minimum atomic E-state index is -0.0556. The number of hydrogen-bond donors (Lipinski definition) is 0. The highest BCUT2D eigenvalue weighted by atomic mass is 32.2. The number of carbonyl (C=O) groups is 1. The van der Waals surface area contributed by atoms with Crippen LogP contribution in [0.15, 0.2) is 35.7 Å². The van der Waals surface area contributed by atoms with E-state index in [-0.39, 0.29) is 11.9 Å². The van der Waals surface area contributed by atoms with Gasteiger partial charge in [-0.25, -0.2) is 4.98 Å². The lowest BCUT2D eigenvalue weighted by Gasteiger charge is -2.23. The maximum absolute atomic E-state index is 12.4. The first-order valence-electron chi connectivity index (χ1n) is 7.14. The third-order valence-corrected chi connectivity index (χ3v) is 5.86. The van der Waals surface area contributed by atoms with Crippen molar-refractivity contribution in [3.8, 4) is 0 Å². The van der Waals surface area contributed by atoms with Crippen LogP contribution < -0.4 is 0 Å². The number of hydrogen-bond acceptors (Lipinski definition) is 6. The lowest BCUT2D eigenvalue weighted by atomic mass is 10.3. The molecule has 8 heteroatoms. The Balaban J connectivity index is 1.67. The van der Waals surface area contributed by atoms with Crippen LogP contribution in [0.3, 0.4) is 0 Å². The van der Waals surface area contributed by atoms with Crippen molar-refractivity contribution in [1.29, 1.82) is 0 Å². The molecule has 1 amide bonds. The van der Waals surface area contributed by atoms with Crippen molar-refractivity contribution < 1.29 is 4.79 Å². The van der Waals surface area contributed by atoms with Crippen LogP contribution in [0.4, 0.5) is 0 Å². The van der Waals surface area contributed by atoms with Gasteiger partial charge in [-0.3, -0.25) is 4.79 Å². The summed E-state index contributed by atoms with van der Waals surface area (Å²) >= 11 is 3.02. The summed E-state index contributed by atoms with van der Waals surface area (Å²) in [7, 11) is 3.68. The van der Waals surface area contributed by atoms with Crippen LogP contribution in [-0.2, 0) is 11.8 Å². The lowest BCUT2D eigenvalue weighted by Crippen LogP contribution is -2.31. The van der Waals surface area contributed by atoms with Gasteiger partial charge in [-0.2, -0.15) is 0 Å². The third kappa shape index (κ3) is 3.37. The fourth-order valence-electron chi connectivity index (χ4n) is 2.08. The van der Waals surface area contributed by atoms with Crippen LogP contribution >= 0.6 is 23.1 Å². The molecule has 2 aromatic heterocycles. The molecular weight excluding hydrogens is 330 g/mol. The number of amides is 1. The van der Waals surface area contributed by atoms with Crippen LogP contribution in [-0.4, -0.2) is 43.4 Å². The van der Waals surface area contributed by atoms with Gasteiger partial charge in [0.15, 0.2) is 5.16 Å². The molecule has 0 spiro atoms. The summed E-state index contributed by atoms with van der Waals surface area (Å²) in [6.07, 6.45) is 1.63. The van der Waals surface area contributed by atoms with Gasteiger partial charge < -0.3 is 9.47 Å². The van der Waals surface area contributed by atoms with E-state index >= 15 is 0 Å². The van der Waals surface area contributed by atoms with Gasteiger partial charge in [0.2, 0.25) is 5.91 Å². The second kappa shape index (κ2) is 6.67. The highest BCUT2D eigenvalue weighted by molar-refractivity contribution is 7.99. The molecule has 0 saturated heterocycles. The van der Waals surface area contributed by atoms with Crippen molar-refractivity contribution in [3.05, 3.63) is 35.6 Å². The molecule has 0 aliphatic carbocycles. The van der Waals surface area contributed by atoms with E-state index in [0.717, 1.165) is 20.4 Å². The molecule has 3 rings (SSSR count). The van der Waals surface area contributed by atoms with Crippen molar-refractivity contribution in [2.45, 2.75) is 18.1 Å². The molecule has 1 aromatic carbocycles. The van der Waals surface area contributed by atoms with Crippen LogP contribution in [0.1, 0.15) is 18.0 Å². The fraction of sp³-hybridized carbons (Fsp3) is 0.333. The number of nitrogens with zero attached hydrogens (tertiary/aromatic N) is 5. The van der Waals surface area contributed by atoms with Gasteiger partial charge in [-0.15, -0.1) is 21.5 Å². The Morgan fingerprint density at radius 1 is 1.43 bits per heavy atom. The Morgan fingerprint density at radius 3 is 2.91 bits per heavy atom. The molecule has 0 aliphatic rings. The largest absolute Gasteiger partial charge is 0.336 e. The summed E-state index contributed by atoms with van der Waals surface area (Å²) < 4.78 is 2.94. The molecule has 0 radical (unpaired) electrons. The van der Waals surface area contributed by atoms with E-state index in [4.69, 9.17) is 0 Å². The normalized spacial score (nSPS) is 12.5. The van der Waals surface area contributed by atoms with Gasteiger partial charge >= 0.3 is 0 Å². The van der Waals surface area contributed by atoms with Crippen LogP contribution in [0, 0.1) is 0 Å². The third-order valence-electron chi connectivity index (χ3n) is 3.64. The molecule has 0 unspecified atom stereocenters. The first kappa shape index (κ1) is 15.9. The Kier molecular flexibility index (Phi) is 4.63. The summed E-state index contributed by atoms with van der Waals surface area (Å²) in [6, 6.07) is 7.97. The van der Waals surface area contributed by atoms with Crippen LogP contribution in [0.25, 0.3) is 10.2 Å². The van der Waals surface area contributed by atoms with E-state index < -0.39 is 0 Å². The minimum absolute atomic E-state index is 0.0461. The van der Waals surface area contributed by atoms with Crippen molar-refractivity contribution in [2.24, 2.45) is 7.05 Å². The van der Waals surface area contributed by atoms with Gasteiger partial charge in [0.1, 0.15) is 11.3 Å². The quantitative estimate of drug-likeness (QED) is 0.664. The first-order chi connectivity index (χ1) is 11.1. The van der Waals surface area contributed by atoms with Gasteiger partial charge in [-0.1, -0.05) is 23.9 Å². The molecular formula is C15H17N5OS2. The minimum Gasteiger partial charge on any atom is -0.336 e. The topological polar surface area (TPSA) is 63.9 Å². The zero-order valence-corrected chi connectivity index (χ0v) is 14.8. The number of thiazole rings is 1. The lowest BCUT2D eigenvalue weighted by molar-refractivity contribution is -0.128. The SMILES string of the molecule is C[C@H](c1nc2ccccc2s1)N(C)C(=O)CSc1nncn1C. The van der Waals surface area contributed by atoms with Gasteiger partial charge in [0, 0.05) is 14.1 Å². The van der Waals surface area contributed by atoms with Crippen molar-refractivity contribution >= 4 is 39.2 Å². The highest BCUT2D eigenvalue weighted by Gasteiger charge is 2.21. The van der Waals surface area contributed by atoms with E-state index in [2.05, 4.69) is 21.2 Å². The first-order valence-corrected chi connectivity index (χ1v) is 8.94. The number of para-hydroxylation sites is 1. The molecule has 0 aliphatic heterocycles. The maximum atomic E-state index is 12.4. The molecule has 0 saturated carbocycles. The molecule has 3 aromatic rings. The number of carbonyl (C=O) groups excluding carboxylic acids is 1. The number of aromatic nitrogens is 4. The Morgan fingerprint density at radius 2 is 2.22 bits per heavy atom. The summed E-state index contributed by atoms with van der Waals surface area (Å²) in [5.41, 5.74) is 0.980. The van der Waals surface area contributed by atoms with E-state index in [1.807, 2.05) is 39.2 Å². The van der Waals surface area contributed by atoms with E-state index in [0.29, 0.717) is 5.75 Å². The Labute approximate surface area is 142 Å². The second-order valence-corrected chi connectivity index (χ2v) is 7.22. The summed E-state index contributed by atoms with van der Waals surface area (Å²) in [4.78, 5) is 18.8. The molecule has 6 nitrogen and oxygen atoms in total. The summed E-state index contributed by atoms with van der Waals surface area (Å²) in [6.45, 7) is 2.00. The number of aryl methyl sites for hydroxylation is 1. The van der Waals surface area contributed by atoms with Crippen molar-refractivity contribution in [2.75, 3.05) is 12.8 Å². The zero-order valence-electron chi connectivity index (χ0n) is 13.1. The van der Waals surface area contributed by atoms with Crippen molar-refractivity contribution in [1.82, 2.24) is 24.6 Å². The average Bonchev–Trinajstić information content (AvgIpc) is 3.17. The molecule has 23 heavy (non-hydrogen) atoms. The summed E-state index contributed by atoms with van der Waals surface area (Å²) in [5, 5.41) is 9.47. The summed E-state index contributed by atoms with van der Waals surface area (Å²) in [5.74, 6) is 0.378. The predicted octanol–water partition coefficient (Wildman–Crippen LogP) is 2.74. The van der Waals surface area contributed by atoms with Gasteiger partial charge in [0.25, 0.3) is 0 Å². The Bertz CT molecular complexity index is 795. The predicted molar refractivity (Wildman–Crippen MR) is 92.5 cm³/mol. The van der Waals surface area contributed by atoms with Crippen LogP contribution in [0.2, 0.25) is 0 Å². The van der Waals surface area contributed by atoms with Crippen LogP contribution in [0.5, 0.6) is 0 Å². The molecule has 0 fully saturated rings. The molecule has 120 valence electrons. The van der Waals surface area contributed by atoms with Crippen molar-refractivity contribution in [3.63, 3.8) is 0 Å². The number of benzene rings is 1. The van der Waals surface area contributed by atoms with E-state index in [9.17, 15) is 4.79 Å². The molecule has 0 N–H and O–H groups in total. The monoisotopic (exact) mass is 347 g/mol. The average molecular weight is 347 g/mol. The second-order valence-electron chi connectivity index (χ2n) is 5.21. The van der Waals surface area contributed by atoms with Gasteiger partial charge in [0.05, 0.1) is 22.0 Å². The van der Waals surface area contributed by atoms with E-state index in [1.165, 1.54) is 11.8 Å². The van der Waals surface area contributed by atoms with Gasteiger partial charge in [-0.05, 0) is 19.1 Å². The number of rotatable bonds is 5. The number of fused-ring (bicyclic) bond motifs is 1. The fourth-order valence-corrected chi connectivity index (χ4v) is 3.96. The smallest absolute Gasteiger partial charge is 0.233 e. The highest BCUT2D eigenvalue weighted by Crippen LogP contribution is 2.29. The molecule has 0 bridgehead atoms. The van der Waals surface area contributed by atoms with E-state index in [1.54, 1.807) is 27.1 Å². The number of thioether (sulfide) groups is 1. The maximum Gasteiger partial charge on any atom is 0.233 e. The Hall–Kier alpha value is -1.93. The zero-order chi connectivity index (χ0) is 16.4. The standard InChI is InChI=1S/C15H17N5OS2/c1-10(14-17-11-6-4-5-7-12(11)23-14)20(3)13(21)8-22-15-18-16-9-19(15)2/h4-7,9-10H,8H2,1-3H3/t10-/m1/s1. The molecule has 2 heterocycles. The molecule has 1 atom stereocenters.